The number of aliphatic hydroxyl groups excluding tert-OH is 1. The highest BCUT2D eigenvalue weighted by Crippen LogP contribution is 2.19. The summed E-state index contributed by atoms with van der Waals surface area (Å²) in [6.07, 6.45) is 2.32. The second-order valence-corrected chi connectivity index (χ2v) is 6.85. The van der Waals surface area contributed by atoms with Crippen LogP contribution in [0.25, 0.3) is 0 Å². The van der Waals surface area contributed by atoms with E-state index in [4.69, 9.17) is 0 Å². The van der Waals surface area contributed by atoms with Crippen LogP contribution in [-0.2, 0) is 0 Å². The van der Waals surface area contributed by atoms with E-state index in [2.05, 4.69) is 51.8 Å². The molecule has 0 aliphatic carbocycles. The van der Waals surface area contributed by atoms with Crippen molar-refractivity contribution in [3.8, 4) is 0 Å². The number of rotatable bonds is 11. The monoisotopic (exact) mass is 272 g/mol. The molecular formula is C16H36N2O. The zero-order valence-electron chi connectivity index (χ0n) is 14.0. The highest BCUT2D eigenvalue weighted by molar-refractivity contribution is 4.80. The summed E-state index contributed by atoms with van der Waals surface area (Å²) in [5, 5.41) is 12.8. The first-order valence-corrected chi connectivity index (χ1v) is 7.91. The molecule has 0 rings (SSSR count). The number of aliphatic hydroxyl groups is 1. The number of nitrogens with zero attached hydrogens (tertiary/aromatic N) is 1. The third-order valence-electron chi connectivity index (χ3n) is 3.63. The van der Waals surface area contributed by atoms with Gasteiger partial charge in [-0.2, -0.15) is 0 Å². The van der Waals surface area contributed by atoms with Gasteiger partial charge in [-0.25, -0.2) is 0 Å². The zero-order chi connectivity index (χ0) is 14.9. The van der Waals surface area contributed by atoms with Gasteiger partial charge >= 0.3 is 0 Å². The number of nitrogens with one attached hydrogen (secondary N) is 1. The van der Waals surface area contributed by atoms with Crippen LogP contribution in [0.4, 0.5) is 0 Å². The van der Waals surface area contributed by atoms with Gasteiger partial charge in [0.25, 0.3) is 0 Å². The molecule has 0 amide bonds. The summed E-state index contributed by atoms with van der Waals surface area (Å²) >= 11 is 0. The molecule has 19 heavy (non-hydrogen) atoms. The lowest BCUT2D eigenvalue weighted by atomic mass is 9.91. The number of hydrogen-bond donors (Lipinski definition) is 2. The Morgan fingerprint density at radius 1 is 1.16 bits per heavy atom. The minimum Gasteiger partial charge on any atom is -0.395 e. The molecular weight excluding hydrogens is 236 g/mol. The van der Waals surface area contributed by atoms with Gasteiger partial charge in [0.05, 0.1) is 6.61 Å². The van der Waals surface area contributed by atoms with Gasteiger partial charge in [0.2, 0.25) is 0 Å². The molecule has 2 N–H and O–H groups in total. The zero-order valence-corrected chi connectivity index (χ0v) is 14.0. The summed E-state index contributed by atoms with van der Waals surface area (Å²) in [6.45, 7) is 17.8. The molecule has 0 saturated heterocycles. The van der Waals surface area contributed by atoms with E-state index in [0.29, 0.717) is 12.0 Å². The van der Waals surface area contributed by atoms with Gasteiger partial charge in [0.1, 0.15) is 0 Å². The van der Waals surface area contributed by atoms with Crippen molar-refractivity contribution in [2.75, 3.05) is 32.8 Å². The van der Waals surface area contributed by atoms with Gasteiger partial charge in [-0.15, -0.1) is 0 Å². The van der Waals surface area contributed by atoms with Crippen molar-refractivity contribution in [2.45, 2.75) is 60.4 Å². The fraction of sp³-hybridized carbons (Fsp3) is 1.00. The van der Waals surface area contributed by atoms with Crippen molar-refractivity contribution < 1.29 is 5.11 Å². The predicted molar refractivity (Wildman–Crippen MR) is 84.5 cm³/mol. The Morgan fingerprint density at radius 3 is 2.16 bits per heavy atom. The molecule has 0 spiro atoms. The van der Waals surface area contributed by atoms with Gasteiger partial charge in [-0.05, 0) is 30.7 Å². The lowest BCUT2D eigenvalue weighted by Gasteiger charge is -2.37. The second kappa shape index (κ2) is 9.73. The van der Waals surface area contributed by atoms with Crippen molar-refractivity contribution in [1.29, 1.82) is 0 Å². The Bertz CT molecular complexity index is 213. The van der Waals surface area contributed by atoms with E-state index in [0.717, 1.165) is 39.0 Å². The van der Waals surface area contributed by atoms with Gasteiger partial charge in [-0.1, -0.05) is 41.5 Å². The Kier molecular flexibility index (Phi) is 9.67. The van der Waals surface area contributed by atoms with Crippen LogP contribution >= 0.6 is 0 Å². The molecule has 0 bridgehead atoms. The molecule has 3 nitrogen and oxygen atoms in total. The summed E-state index contributed by atoms with van der Waals surface area (Å²) in [7, 11) is 0. The quantitative estimate of drug-likeness (QED) is 0.607. The summed E-state index contributed by atoms with van der Waals surface area (Å²) in [5.41, 5.74) is 0.243. The molecule has 0 saturated carbocycles. The molecule has 0 unspecified atom stereocenters. The van der Waals surface area contributed by atoms with Gasteiger partial charge < -0.3 is 10.4 Å². The molecule has 116 valence electrons. The van der Waals surface area contributed by atoms with E-state index >= 15 is 0 Å². The molecule has 0 heterocycles. The van der Waals surface area contributed by atoms with E-state index in [9.17, 15) is 5.11 Å². The molecule has 0 aliphatic rings. The maximum absolute atomic E-state index is 9.27. The van der Waals surface area contributed by atoms with Crippen molar-refractivity contribution in [1.82, 2.24) is 10.2 Å². The lowest BCUT2D eigenvalue weighted by Crippen LogP contribution is -2.46. The first-order chi connectivity index (χ1) is 8.86. The van der Waals surface area contributed by atoms with E-state index < -0.39 is 0 Å². The summed E-state index contributed by atoms with van der Waals surface area (Å²) in [5.74, 6) is 0.698. The van der Waals surface area contributed by atoms with Crippen LogP contribution in [0.3, 0.4) is 0 Å². The van der Waals surface area contributed by atoms with Gasteiger partial charge in [-0.3, -0.25) is 4.90 Å². The van der Waals surface area contributed by atoms with Crippen LogP contribution in [0, 0.1) is 11.3 Å². The molecule has 3 heteroatoms. The maximum atomic E-state index is 9.27. The molecule has 0 radical (unpaired) electrons. The summed E-state index contributed by atoms with van der Waals surface area (Å²) in [6, 6.07) is 0.594. The molecule has 0 atom stereocenters. The highest BCUT2D eigenvalue weighted by Gasteiger charge is 2.24. The van der Waals surface area contributed by atoms with Gasteiger partial charge in [0, 0.05) is 25.7 Å². The Hall–Kier alpha value is -0.120. The average molecular weight is 272 g/mol. The van der Waals surface area contributed by atoms with Crippen LogP contribution in [-0.4, -0.2) is 48.8 Å². The van der Waals surface area contributed by atoms with Crippen molar-refractivity contribution in [3.63, 3.8) is 0 Å². The van der Waals surface area contributed by atoms with Crippen LogP contribution in [0.5, 0.6) is 0 Å². The number of hydrogen-bond acceptors (Lipinski definition) is 3. The minimum atomic E-state index is 0.243. The first kappa shape index (κ1) is 18.9. The summed E-state index contributed by atoms with van der Waals surface area (Å²) in [4.78, 5) is 2.46. The molecule has 0 aromatic rings. The summed E-state index contributed by atoms with van der Waals surface area (Å²) < 4.78 is 0. The molecule has 0 fully saturated rings. The minimum absolute atomic E-state index is 0.243. The molecule has 0 aromatic heterocycles. The highest BCUT2D eigenvalue weighted by atomic mass is 16.3. The van der Waals surface area contributed by atoms with Crippen LogP contribution in [0.15, 0.2) is 0 Å². The fourth-order valence-electron chi connectivity index (χ4n) is 2.63. The third-order valence-corrected chi connectivity index (χ3v) is 3.63. The maximum Gasteiger partial charge on any atom is 0.0558 e. The van der Waals surface area contributed by atoms with Crippen molar-refractivity contribution in [2.24, 2.45) is 11.3 Å². The van der Waals surface area contributed by atoms with E-state index in [-0.39, 0.29) is 12.0 Å². The van der Waals surface area contributed by atoms with E-state index in [1.165, 1.54) is 0 Å². The standard InChI is InChI=1S/C16H36N2O/c1-7-15(8-2)18(9-10-19)13-16(5,6)12-17-11-14(3)4/h14-15,17,19H,7-13H2,1-6H3. The predicted octanol–water partition coefficient (Wildman–Crippen LogP) is 2.74. The Morgan fingerprint density at radius 2 is 1.74 bits per heavy atom. The van der Waals surface area contributed by atoms with Crippen LogP contribution < -0.4 is 5.32 Å². The smallest absolute Gasteiger partial charge is 0.0558 e. The lowest BCUT2D eigenvalue weighted by molar-refractivity contribution is 0.0966. The Balaban J connectivity index is 4.36. The first-order valence-electron chi connectivity index (χ1n) is 7.91. The van der Waals surface area contributed by atoms with E-state index in [1.54, 1.807) is 0 Å². The Labute approximate surface area is 120 Å². The van der Waals surface area contributed by atoms with Crippen molar-refractivity contribution in [3.05, 3.63) is 0 Å². The molecule has 0 aliphatic heterocycles. The van der Waals surface area contributed by atoms with E-state index in [1.807, 2.05) is 0 Å². The SMILES string of the molecule is CCC(CC)N(CCO)CC(C)(C)CNCC(C)C. The normalized spacial score (nSPS) is 12.9. The largest absolute Gasteiger partial charge is 0.395 e. The van der Waals surface area contributed by atoms with Gasteiger partial charge in [0.15, 0.2) is 0 Å². The fourth-order valence-corrected chi connectivity index (χ4v) is 2.63. The van der Waals surface area contributed by atoms with Crippen LogP contribution in [0.1, 0.15) is 54.4 Å². The topological polar surface area (TPSA) is 35.5 Å². The van der Waals surface area contributed by atoms with Crippen molar-refractivity contribution >= 4 is 0 Å². The third kappa shape index (κ3) is 8.61. The average Bonchev–Trinajstić information content (AvgIpc) is 2.29. The van der Waals surface area contributed by atoms with Crippen LogP contribution in [0.2, 0.25) is 0 Å². The molecule has 0 aromatic carbocycles. The second-order valence-electron chi connectivity index (χ2n) is 6.85.